The SMILES string of the molecule is CCOc1cc(Br)c(/C=C/[N+](=O)[O-])cc1OCC. The molecule has 18 heavy (non-hydrogen) atoms. The van der Waals surface area contributed by atoms with Gasteiger partial charge in [0.1, 0.15) is 0 Å². The highest BCUT2D eigenvalue weighted by Crippen LogP contribution is 2.34. The summed E-state index contributed by atoms with van der Waals surface area (Å²) in [7, 11) is 0. The summed E-state index contributed by atoms with van der Waals surface area (Å²) in [4.78, 5) is 9.80. The molecule has 0 heterocycles. The van der Waals surface area contributed by atoms with E-state index in [1.54, 1.807) is 12.1 Å². The minimum Gasteiger partial charge on any atom is -0.490 e. The van der Waals surface area contributed by atoms with E-state index in [9.17, 15) is 10.1 Å². The maximum Gasteiger partial charge on any atom is 0.235 e. The van der Waals surface area contributed by atoms with E-state index in [2.05, 4.69) is 15.9 Å². The standard InChI is InChI=1S/C12H14BrNO4/c1-3-17-11-7-9(5-6-14(15)16)10(13)8-12(11)18-4-2/h5-8H,3-4H2,1-2H3/b6-5+. The van der Waals surface area contributed by atoms with Crippen molar-refractivity contribution in [1.29, 1.82) is 0 Å². The van der Waals surface area contributed by atoms with Gasteiger partial charge in [-0.1, -0.05) is 15.9 Å². The Kier molecular flexibility index (Phi) is 5.64. The summed E-state index contributed by atoms with van der Waals surface area (Å²) < 4.78 is 11.6. The van der Waals surface area contributed by atoms with Crippen LogP contribution in [0.25, 0.3) is 6.08 Å². The summed E-state index contributed by atoms with van der Waals surface area (Å²) in [5.41, 5.74) is 0.665. The molecule has 5 nitrogen and oxygen atoms in total. The van der Waals surface area contributed by atoms with Crippen LogP contribution in [0.2, 0.25) is 0 Å². The fourth-order valence-corrected chi connectivity index (χ4v) is 1.81. The Morgan fingerprint density at radius 2 is 1.83 bits per heavy atom. The van der Waals surface area contributed by atoms with E-state index < -0.39 is 4.92 Å². The van der Waals surface area contributed by atoms with Gasteiger partial charge in [0.2, 0.25) is 6.20 Å². The molecule has 0 aliphatic heterocycles. The number of hydrogen-bond donors (Lipinski definition) is 0. The number of rotatable bonds is 6. The number of benzene rings is 1. The molecule has 98 valence electrons. The molecule has 6 heteroatoms. The van der Waals surface area contributed by atoms with Crippen molar-refractivity contribution in [3.63, 3.8) is 0 Å². The normalized spacial score (nSPS) is 10.6. The van der Waals surface area contributed by atoms with Gasteiger partial charge in [-0.25, -0.2) is 0 Å². The predicted molar refractivity (Wildman–Crippen MR) is 72.5 cm³/mol. The maximum absolute atomic E-state index is 10.3. The van der Waals surface area contributed by atoms with Crippen LogP contribution >= 0.6 is 15.9 Å². The summed E-state index contributed by atoms with van der Waals surface area (Å²) >= 11 is 3.34. The number of nitrogens with zero attached hydrogens (tertiary/aromatic N) is 1. The Hall–Kier alpha value is -1.56. The fraction of sp³-hybridized carbons (Fsp3) is 0.333. The van der Waals surface area contributed by atoms with Gasteiger partial charge < -0.3 is 9.47 Å². The number of ether oxygens (including phenoxy) is 2. The van der Waals surface area contributed by atoms with Crippen LogP contribution in [0.5, 0.6) is 11.5 Å². The molecular formula is C12H14BrNO4. The van der Waals surface area contributed by atoms with Crippen molar-refractivity contribution in [1.82, 2.24) is 0 Å². The molecule has 1 aromatic carbocycles. The minimum absolute atomic E-state index is 0.500. The molecule has 0 saturated carbocycles. The second-order valence-corrected chi connectivity index (χ2v) is 4.14. The van der Waals surface area contributed by atoms with Gasteiger partial charge in [-0.2, -0.15) is 0 Å². The molecule has 0 amide bonds. The van der Waals surface area contributed by atoms with Crippen LogP contribution in [0.4, 0.5) is 0 Å². The molecule has 0 atom stereocenters. The lowest BCUT2D eigenvalue weighted by molar-refractivity contribution is -0.400. The fourth-order valence-electron chi connectivity index (χ4n) is 1.36. The quantitative estimate of drug-likeness (QED) is 0.595. The third-order valence-electron chi connectivity index (χ3n) is 2.04. The van der Waals surface area contributed by atoms with Gasteiger partial charge in [0.05, 0.1) is 18.1 Å². The molecule has 0 fully saturated rings. The maximum atomic E-state index is 10.3. The van der Waals surface area contributed by atoms with Crippen molar-refractivity contribution in [3.05, 3.63) is 38.5 Å². The number of nitro groups is 1. The summed E-state index contributed by atoms with van der Waals surface area (Å²) in [6.45, 7) is 4.77. The summed E-state index contributed by atoms with van der Waals surface area (Å²) in [5, 5.41) is 10.3. The number of halogens is 1. The highest BCUT2D eigenvalue weighted by Gasteiger charge is 2.09. The van der Waals surface area contributed by atoms with Crippen molar-refractivity contribution in [3.8, 4) is 11.5 Å². The molecular weight excluding hydrogens is 302 g/mol. The Labute approximate surface area is 114 Å². The Bertz CT molecular complexity index is 460. The van der Waals surface area contributed by atoms with E-state index in [1.165, 1.54) is 6.08 Å². The lowest BCUT2D eigenvalue weighted by Gasteiger charge is -2.12. The van der Waals surface area contributed by atoms with Crippen molar-refractivity contribution >= 4 is 22.0 Å². The summed E-state index contributed by atoms with van der Waals surface area (Å²) in [6, 6.07) is 3.45. The molecule has 0 radical (unpaired) electrons. The molecule has 1 aromatic rings. The molecule has 0 aliphatic rings. The zero-order chi connectivity index (χ0) is 13.5. The van der Waals surface area contributed by atoms with Gasteiger partial charge in [0.25, 0.3) is 0 Å². The van der Waals surface area contributed by atoms with Gasteiger partial charge >= 0.3 is 0 Å². The van der Waals surface area contributed by atoms with Crippen molar-refractivity contribution in [2.45, 2.75) is 13.8 Å². The lowest BCUT2D eigenvalue weighted by Crippen LogP contribution is -1.99. The van der Waals surface area contributed by atoms with Gasteiger partial charge in [-0.15, -0.1) is 0 Å². The highest BCUT2D eigenvalue weighted by atomic mass is 79.9. The molecule has 0 unspecified atom stereocenters. The van der Waals surface area contributed by atoms with E-state index >= 15 is 0 Å². The first kappa shape index (κ1) is 14.5. The van der Waals surface area contributed by atoms with Crippen LogP contribution in [-0.4, -0.2) is 18.1 Å². The Morgan fingerprint density at radius 3 is 2.33 bits per heavy atom. The third kappa shape index (κ3) is 4.03. The average molecular weight is 316 g/mol. The van der Waals surface area contributed by atoms with Crippen LogP contribution < -0.4 is 9.47 Å². The molecule has 0 N–H and O–H groups in total. The topological polar surface area (TPSA) is 61.6 Å². The van der Waals surface area contributed by atoms with E-state index in [1.807, 2.05) is 13.8 Å². The van der Waals surface area contributed by atoms with E-state index in [0.717, 1.165) is 6.20 Å². The van der Waals surface area contributed by atoms with Crippen LogP contribution in [0.1, 0.15) is 19.4 Å². The van der Waals surface area contributed by atoms with E-state index in [0.29, 0.717) is 34.7 Å². The lowest BCUT2D eigenvalue weighted by atomic mass is 10.2. The predicted octanol–water partition coefficient (Wildman–Crippen LogP) is 3.49. The van der Waals surface area contributed by atoms with Crippen LogP contribution in [-0.2, 0) is 0 Å². The zero-order valence-electron chi connectivity index (χ0n) is 10.2. The smallest absolute Gasteiger partial charge is 0.235 e. The first-order valence-corrected chi connectivity index (χ1v) is 6.28. The Morgan fingerprint density at radius 1 is 1.28 bits per heavy atom. The average Bonchev–Trinajstić information content (AvgIpc) is 2.31. The van der Waals surface area contributed by atoms with Crippen molar-refractivity contribution in [2.75, 3.05) is 13.2 Å². The van der Waals surface area contributed by atoms with Crippen molar-refractivity contribution < 1.29 is 14.4 Å². The zero-order valence-corrected chi connectivity index (χ0v) is 11.8. The van der Waals surface area contributed by atoms with E-state index in [-0.39, 0.29) is 0 Å². The highest BCUT2D eigenvalue weighted by molar-refractivity contribution is 9.10. The Balaban J connectivity index is 3.13. The first-order valence-electron chi connectivity index (χ1n) is 5.49. The van der Waals surface area contributed by atoms with E-state index in [4.69, 9.17) is 9.47 Å². The molecule has 0 spiro atoms. The largest absolute Gasteiger partial charge is 0.490 e. The van der Waals surface area contributed by atoms with Gasteiger partial charge in [-0.05, 0) is 31.5 Å². The van der Waals surface area contributed by atoms with Crippen LogP contribution in [0.3, 0.4) is 0 Å². The minimum atomic E-state index is -0.511. The second-order valence-electron chi connectivity index (χ2n) is 3.29. The monoisotopic (exact) mass is 315 g/mol. The van der Waals surface area contributed by atoms with Crippen LogP contribution in [0, 0.1) is 10.1 Å². The first-order chi connectivity index (χ1) is 8.58. The van der Waals surface area contributed by atoms with Gasteiger partial charge in [0, 0.05) is 10.5 Å². The van der Waals surface area contributed by atoms with Crippen LogP contribution in [0.15, 0.2) is 22.8 Å². The molecule has 0 aromatic heterocycles. The van der Waals surface area contributed by atoms with Crippen molar-refractivity contribution in [2.24, 2.45) is 0 Å². The second kappa shape index (κ2) is 7.00. The van der Waals surface area contributed by atoms with Gasteiger partial charge in [0.15, 0.2) is 11.5 Å². The molecule has 1 rings (SSSR count). The molecule has 0 aliphatic carbocycles. The third-order valence-corrected chi connectivity index (χ3v) is 2.73. The summed E-state index contributed by atoms with van der Waals surface area (Å²) in [5.74, 6) is 1.19. The van der Waals surface area contributed by atoms with Gasteiger partial charge in [-0.3, -0.25) is 10.1 Å². The number of hydrogen-bond acceptors (Lipinski definition) is 4. The summed E-state index contributed by atoms with van der Waals surface area (Å²) in [6.07, 6.45) is 2.29. The molecule has 0 saturated heterocycles. The molecule has 0 bridgehead atoms.